The average molecular weight is 300 g/mol. The van der Waals surface area contributed by atoms with Crippen molar-refractivity contribution in [2.45, 2.75) is 32.6 Å². The molecule has 20 heavy (non-hydrogen) atoms. The molecule has 0 saturated heterocycles. The summed E-state index contributed by atoms with van der Waals surface area (Å²) in [4.78, 5) is -0.200. The minimum atomic E-state index is -3.78. The van der Waals surface area contributed by atoms with Crippen molar-refractivity contribution in [3.63, 3.8) is 0 Å². The van der Waals surface area contributed by atoms with Crippen LogP contribution in [0.3, 0.4) is 0 Å². The molecule has 0 atom stereocenters. The van der Waals surface area contributed by atoms with Gasteiger partial charge in [-0.05, 0) is 34.9 Å². The summed E-state index contributed by atoms with van der Waals surface area (Å²) in [6.07, 6.45) is 0. The van der Waals surface area contributed by atoms with Crippen molar-refractivity contribution in [2.24, 2.45) is 16.7 Å². The van der Waals surface area contributed by atoms with Crippen LogP contribution in [-0.4, -0.2) is 15.0 Å². The van der Waals surface area contributed by atoms with Gasteiger partial charge in [-0.1, -0.05) is 27.7 Å². The Balaban J connectivity index is 2.16. The van der Waals surface area contributed by atoms with Gasteiger partial charge in [0.2, 0.25) is 10.0 Å². The fourth-order valence-electron chi connectivity index (χ4n) is 2.86. The highest BCUT2D eigenvalue weighted by Crippen LogP contribution is 2.67. The van der Waals surface area contributed by atoms with Gasteiger partial charge in [0.1, 0.15) is 10.7 Å². The van der Waals surface area contributed by atoms with Crippen LogP contribution in [0.4, 0.5) is 10.1 Å². The van der Waals surface area contributed by atoms with Crippen LogP contribution in [0.5, 0.6) is 0 Å². The van der Waals surface area contributed by atoms with E-state index in [2.05, 4.69) is 32.4 Å². The lowest BCUT2D eigenvalue weighted by Gasteiger charge is -2.10. The predicted octanol–water partition coefficient (Wildman–Crippen LogP) is 2.37. The van der Waals surface area contributed by atoms with Gasteiger partial charge in [0, 0.05) is 6.54 Å². The highest BCUT2D eigenvalue weighted by molar-refractivity contribution is 7.89. The number of hydrogen-bond donors (Lipinski definition) is 2. The van der Waals surface area contributed by atoms with E-state index in [4.69, 9.17) is 5.73 Å². The normalized spacial score (nSPS) is 20.9. The first kappa shape index (κ1) is 15.3. The van der Waals surface area contributed by atoms with Crippen LogP contribution in [-0.2, 0) is 10.0 Å². The summed E-state index contributed by atoms with van der Waals surface area (Å²) in [5.74, 6) is -0.369. The molecule has 1 aliphatic rings. The maximum Gasteiger partial charge on any atom is 0.242 e. The number of halogens is 1. The molecule has 0 spiro atoms. The van der Waals surface area contributed by atoms with Gasteiger partial charge < -0.3 is 5.73 Å². The van der Waals surface area contributed by atoms with Crippen LogP contribution in [0.1, 0.15) is 27.7 Å². The summed E-state index contributed by atoms with van der Waals surface area (Å²) in [6.45, 7) is 8.79. The number of nitrogens with two attached hydrogens (primary N) is 1. The second-order valence-electron chi connectivity index (χ2n) is 6.53. The van der Waals surface area contributed by atoms with E-state index in [-0.39, 0.29) is 27.3 Å². The second-order valence-corrected chi connectivity index (χ2v) is 8.27. The van der Waals surface area contributed by atoms with Crippen molar-refractivity contribution in [1.29, 1.82) is 0 Å². The fraction of sp³-hybridized carbons (Fsp3) is 0.571. The molecule has 0 unspecified atom stereocenters. The molecule has 3 N–H and O–H groups in total. The summed E-state index contributed by atoms with van der Waals surface area (Å²) in [6, 6.07) is 3.34. The van der Waals surface area contributed by atoms with Gasteiger partial charge >= 0.3 is 0 Å². The van der Waals surface area contributed by atoms with Crippen LogP contribution >= 0.6 is 0 Å². The molecule has 1 aromatic rings. The van der Waals surface area contributed by atoms with Crippen molar-refractivity contribution < 1.29 is 12.8 Å². The van der Waals surface area contributed by atoms with E-state index >= 15 is 0 Å². The third-order valence-corrected chi connectivity index (χ3v) is 6.54. The highest BCUT2D eigenvalue weighted by atomic mass is 32.2. The smallest absolute Gasteiger partial charge is 0.242 e. The Bertz CT molecular complexity index is 625. The lowest BCUT2D eigenvalue weighted by Crippen LogP contribution is -2.28. The number of rotatable bonds is 4. The van der Waals surface area contributed by atoms with Crippen LogP contribution in [0.15, 0.2) is 23.1 Å². The predicted molar refractivity (Wildman–Crippen MR) is 77.1 cm³/mol. The summed E-state index contributed by atoms with van der Waals surface area (Å²) in [7, 11) is -3.78. The van der Waals surface area contributed by atoms with Crippen molar-refractivity contribution in [3.05, 3.63) is 24.0 Å². The first-order valence-electron chi connectivity index (χ1n) is 6.55. The van der Waals surface area contributed by atoms with Gasteiger partial charge in [0.15, 0.2) is 0 Å². The molecule has 0 heterocycles. The van der Waals surface area contributed by atoms with Crippen LogP contribution in [0, 0.1) is 22.6 Å². The number of nitrogen functional groups attached to an aromatic ring is 1. The second kappa shape index (κ2) is 4.43. The van der Waals surface area contributed by atoms with Crippen molar-refractivity contribution in [2.75, 3.05) is 12.3 Å². The molecular formula is C14H21FN2O2S. The Hall–Kier alpha value is -1.14. The maximum absolute atomic E-state index is 13.2. The van der Waals surface area contributed by atoms with E-state index in [0.717, 1.165) is 12.1 Å². The molecule has 112 valence electrons. The Morgan fingerprint density at radius 3 is 2.30 bits per heavy atom. The quantitative estimate of drug-likeness (QED) is 0.839. The first-order valence-corrected chi connectivity index (χ1v) is 8.03. The molecule has 0 radical (unpaired) electrons. The molecule has 0 amide bonds. The van der Waals surface area contributed by atoms with Gasteiger partial charge in [-0.15, -0.1) is 0 Å². The largest absolute Gasteiger partial charge is 0.398 e. The highest BCUT2D eigenvalue weighted by Gasteiger charge is 2.64. The molecule has 2 rings (SSSR count). The third kappa shape index (κ3) is 2.31. The Morgan fingerprint density at radius 1 is 1.25 bits per heavy atom. The fourth-order valence-corrected chi connectivity index (χ4v) is 4.04. The first-order chi connectivity index (χ1) is 9.00. The lowest BCUT2D eigenvalue weighted by atomic mass is 10.0. The van der Waals surface area contributed by atoms with E-state index in [1.165, 1.54) is 6.07 Å². The minimum absolute atomic E-state index is 0.0493. The molecular weight excluding hydrogens is 279 g/mol. The van der Waals surface area contributed by atoms with Crippen LogP contribution in [0.25, 0.3) is 0 Å². The summed E-state index contributed by atoms with van der Waals surface area (Å²) >= 11 is 0. The molecule has 1 fully saturated rings. The summed E-state index contributed by atoms with van der Waals surface area (Å²) in [5, 5.41) is 0. The number of nitrogens with one attached hydrogen (secondary N) is 1. The van der Waals surface area contributed by atoms with E-state index in [9.17, 15) is 12.8 Å². The molecule has 1 saturated carbocycles. The zero-order valence-electron chi connectivity index (χ0n) is 12.2. The van der Waals surface area contributed by atoms with E-state index in [1.807, 2.05) is 0 Å². The molecule has 4 nitrogen and oxygen atoms in total. The van der Waals surface area contributed by atoms with Gasteiger partial charge in [-0.2, -0.15) is 0 Å². The van der Waals surface area contributed by atoms with E-state index in [0.29, 0.717) is 6.54 Å². The molecule has 1 aliphatic carbocycles. The average Bonchev–Trinajstić information content (AvgIpc) is 2.70. The molecule has 1 aromatic carbocycles. The molecule has 0 bridgehead atoms. The van der Waals surface area contributed by atoms with E-state index in [1.54, 1.807) is 0 Å². The third-order valence-electron chi connectivity index (χ3n) is 5.06. The lowest BCUT2D eigenvalue weighted by molar-refractivity contribution is 0.457. The van der Waals surface area contributed by atoms with Crippen LogP contribution in [0.2, 0.25) is 0 Å². The number of benzene rings is 1. The number of hydrogen-bond acceptors (Lipinski definition) is 3. The standard InChI is InChI=1S/C14H21FN2O2S/c1-13(2)12(14(13,3)4)8-17-20(18,19)11-7-9(15)5-6-10(11)16/h5-7,12,17H,8,16H2,1-4H3. The van der Waals surface area contributed by atoms with Gasteiger partial charge in [0.05, 0.1) is 5.69 Å². The summed E-state index contributed by atoms with van der Waals surface area (Å²) in [5.41, 5.74) is 5.84. The Morgan fingerprint density at radius 2 is 1.80 bits per heavy atom. The van der Waals surface area contributed by atoms with Gasteiger partial charge in [-0.25, -0.2) is 17.5 Å². The van der Waals surface area contributed by atoms with Crippen molar-refractivity contribution in [1.82, 2.24) is 4.72 Å². The zero-order valence-corrected chi connectivity index (χ0v) is 13.0. The zero-order chi connectivity index (χ0) is 15.3. The minimum Gasteiger partial charge on any atom is -0.398 e. The van der Waals surface area contributed by atoms with Gasteiger partial charge in [-0.3, -0.25) is 0 Å². The number of anilines is 1. The maximum atomic E-state index is 13.2. The topological polar surface area (TPSA) is 72.2 Å². The Labute approximate surface area is 119 Å². The molecule has 6 heteroatoms. The van der Waals surface area contributed by atoms with Crippen LogP contribution < -0.4 is 10.5 Å². The van der Waals surface area contributed by atoms with Gasteiger partial charge in [0.25, 0.3) is 0 Å². The van der Waals surface area contributed by atoms with Crippen molar-refractivity contribution >= 4 is 15.7 Å². The summed E-state index contributed by atoms with van der Waals surface area (Å²) < 4.78 is 40.1. The molecule has 0 aliphatic heterocycles. The SMILES string of the molecule is CC1(C)C(CNS(=O)(=O)c2cc(F)ccc2N)C1(C)C. The van der Waals surface area contributed by atoms with E-state index < -0.39 is 15.8 Å². The molecule has 0 aromatic heterocycles. The monoisotopic (exact) mass is 300 g/mol. The Kier molecular flexibility index (Phi) is 3.38. The number of sulfonamides is 1. The van der Waals surface area contributed by atoms with Crippen molar-refractivity contribution in [3.8, 4) is 0 Å².